The second kappa shape index (κ2) is 6.15. The molecule has 0 aliphatic rings. The fraction of sp³-hybridized carbons (Fsp3) is 0.600. The van der Waals surface area contributed by atoms with E-state index in [0.29, 0.717) is 5.92 Å². The summed E-state index contributed by atoms with van der Waals surface area (Å²) >= 11 is 0. The van der Waals surface area contributed by atoms with Crippen LogP contribution in [0.1, 0.15) is 33.3 Å². The zero-order valence-electron chi connectivity index (χ0n) is 11.4. The molecule has 0 saturated heterocycles. The molecule has 1 N–H and O–H groups in total. The number of hydrogen-bond donors (Lipinski definition) is 1. The van der Waals surface area contributed by atoms with E-state index in [1.807, 2.05) is 12.1 Å². The van der Waals surface area contributed by atoms with Crippen molar-refractivity contribution in [2.24, 2.45) is 11.3 Å². The molecule has 0 saturated carbocycles. The molecule has 0 aliphatic heterocycles. The van der Waals surface area contributed by atoms with E-state index < -0.39 is 0 Å². The van der Waals surface area contributed by atoms with Crippen LogP contribution >= 0.6 is 0 Å². The summed E-state index contributed by atoms with van der Waals surface area (Å²) in [7, 11) is 0. The van der Waals surface area contributed by atoms with E-state index >= 15 is 0 Å². The van der Waals surface area contributed by atoms with Crippen molar-refractivity contribution < 1.29 is 4.39 Å². The third kappa shape index (κ3) is 5.31. The van der Waals surface area contributed by atoms with Crippen molar-refractivity contribution in [3.8, 4) is 0 Å². The van der Waals surface area contributed by atoms with Crippen molar-refractivity contribution in [2.45, 2.75) is 34.1 Å². The van der Waals surface area contributed by atoms with Gasteiger partial charge in [-0.25, -0.2) is 4.39 Å². The van der Waals surface area contributed by atoms with Crippen LogP contribution in [-0.4, -0.2) is 13.1 Å². The van der Waals surface area contributed by atoms with Crippen molar-refractivity contribution in [3.05, 3.63) is 35.6 Å². The monoisotopic (exact) mass is 237 g/mol. The summed E-state index contributed by atoms with van der Waals surface area (Å²) in [5.41, 5.74) is 0.890. The Morgan fingerprint density at radius 3 is 2.47 bits per heavy atom. The number of hydrogen-bond acceptors (Lipinski definition) is 1. The maximum atomic E-state index is 13.5. The lowest BCUT2D eigenvalue weighted by Gasteiger charge is -2.26. The summed E-state index contributed by atoms with van der Waals surface area (Å²) < 4.78 is 13.5. The highest BCUT2D eigenvalue weighted by molar-refractivity contribution is 5.18. The zero-order chi connectivity index (χ0) is 12.9. The number of benzene rings is 1. The van der Waals surface area contributed by atoms with E-state index in [1.54, 1.807) is 6.07 Å². The molecule has 0 atom stereocenters. The Morgan fingerprint density at radius 2 is 1.88 bits per heavy atom. The van der Waals surface area contributed by atoms with Gasteiger partial charge in [-0.3, -0.25) is 0 Å². The normalized spacial score (nSPS) is 12.1. The minimum absolute atomic E-state index is 0.0804. The minimum atomic E-state index is -0.0931. The third-order valence-corrected chi connectivity index (χ3v) is 2.78. The summed E-state index contributed by atoms with van der Waals surface area (Å²) in [6.45, 7) is 10.7. The Morgan fingerprint density at radius 1 is 1.24 bits per heavy atom. The Bertz CT molecular complexity index is 345. The fourth-order valence-corrected chi connectivity index (χ4v) is 1.92. The largest absolute Gasteiger partial charge is 0.316 e. The fourth-order valence-electron chi connectivity index (χ4n) is 1.92. The maximum Gasteiger partial charge on any atom is 0.126 e. The van der Waals surface area contributed by atoms with Crippen LogP contribution in [0.25, 0.3) is 0 Å². The van der Waals surface area contributed by atoms with Crippen molar-refractivity contribution in [3.63, 3.8) is 0 Å². The van der Waals surface area contributed by atoms with Crippen LogP contribution in [0.15, 0.2) is 24.3 Å². The van der Waals surface area contributed by atoms with Crippen LogP contribution in [-0.2, 0) is 6.42 Å². The average molecular weight is 237 g/mol. The van der Waals surface area contributed by atoms with Gasteiger partial charge in [0, 0.05) is 6.54 Å². The summed E-state index contributed by atoms with van der Waals surface area (Å²) in [4.78, 5) is 0. The van der Waals surface area contributed by atoms with Crippen LogP contribution in [0.2, 0.25) is 0 Å². The second-order valence-electron chi connectivity index (χ2n) is 5.96. The van der Waals surface area contributed by atoms with Gasteiger partial charge in [-0.05, 0) is 35.9 Å². The molecule has 2 heteroatoms. The standard InChI is InChI=1S/C15H24FN/c1-12(2)10-17-11-15(3,4)9-13-7-5-6-8-14(13)16/h5-8,12,17H,9-11H2,1-4H3. The van der Waals surface area contributed by atoms with Gasteiger partial charge in [0.05, 0.1) is 0 Å². The molecule has 1 aromatic carbocycles. The van der Waals surface area contributed by atoms with E-state index in [1.165, 1.54) is 6.07 Å². The van der Waals surface area contributed by atoms with E-state index in [0.717, 1.165) is 25.1 Å². The number of rotatable bonds is 6. The van der Waals surface area contributed by atoms with Crippen molar-refractivity contribution in [2.75, 3.05) is 13.1 Å². The van der Waals surface area contributed by atoms with Crippen molar-refractivity contribution >= 4 is 0 Å². The van der Waals surface area contributed by atoms with Crippen LogP contribution in [0.4, 0.5) is 4.39 Å². The molecule has 1 aromatic rings. The molecule has 1 rings (SSSR count). The van der Waals surface area contributed by atoms with Gasteiger partial charge in [-0.1, -0.05) is 45.9 Å². The SMILES string of the molecule is CC(C)CNCC(C)(C)Cc1ccccc1F. The third-order valence-electron chi connectivity index (χ3n) is 2.78. The van der Waals surface area contributed by atoms with Gasteiger partial charge in [-0.2, -0.15) is 0 Å². The predicted molar refractivity (Wildman–Crippen MR) is 71.6 cm³/mol. The molecular weight excluding hydrogens is 213 g/mol. The molecule has 0 aromatic heterocycles. The van der Waals surface area contributed by atoms with Gasteiger partial charge in [0.1, 0.15) is 5.82 Å². The lowest BCUT2D eigenvalue weighted by Crippen LogP contribution is -2.33. The Labute approximate surface area is 104 Å². The zero-order valence-corrected chi connectivity index (χ0v) is 11.4. The topological polar surface area (TPSA) is 12.0 Å². The highest BCUT2D eigenvalue weighted by Gasteiger charge is 2.19. The minimum Gasteiger partial charge on any atom is -0.316 e. The van der Waals surface area contributed by atoms with Crippen LogP contribution in [0.3, 0.4) is 0 Å². The first-order valence-corrected chi connectivity index (χ1v) is 6.35. The van der Waals surface area contributed by atoms with Crippen LogP contribution in [0.5, 0.6) is 0 Å². The van der Waals surface area contributed by atoms with E-state index in [-0.39, 0.29) is 11.2 Å². The quantitative estimate of drug-likeness (QED) is 0.796. The molecule has 0 spiro atoms. The van der Waals surface area contributed by atoms with Gasteiger partial charge < -0.3 is 5.32 Å². The first-order chi connectivity index (χ1) is 7.91. The lowest BCUT2D eigenvalue weighted by atomic mass is 9.85. The highest BCUT2D eigenvalue weighted by Crippen LogP contribution is 2.22. The van der Waals surface area contributed by atoms with E-state index in [2.05, 4.69) is 33.0 Å². The smallest absolute Gasteiger partial charge is 0.126 e. The molecule has 0 aliphatic carbocycles. The van der Waals surface area contributed by atoms with Crippen molar-refractivity contribution in [1.82, 2.24) is 5.32 Å². The van der Waals surface area contributed by atoms with Gasteiger partial charge in [0.25, 0.3) is 0 Å². The summed E-state index contributed by atoms with van der Waals surface area (Å²) in [6.07, 6.45) is 0.769. The molecular formula is C15H24FN. The van der Waals surface area contributed by atoms with E-state index in [4.69, 9.17) is 0 Å². The molecule has 0 fully saturated rings. The molecule has 0 heterocycles. The lowest BCUT2D eigenvalue weighted by molar-refractivity contribution is 0.326. The maximum absolute atomic E-state index is 13.5. The highest BCUT2D eigenvalue weighted by atomic mass is 19.1. The molecule has 17 heavy (non-hydrogen) atoms. The summed E-state index contributed by atoms with van der Waals surface area (Å²) in [5, 5.41) is 3.44. The Balaban J connectivity index is 2.51. The van der Waals surface area contributed by atoms with Gasteiger partial charge in [0.2, 0.25) is 0 Å². The first-order valence-electron chi connectivity index (χ1n) is 6.35. The average Bonchev–Trinajstić information content (AvgIpc) is 2.20. The Hall–Kier alpha value is -0.890. The second-order valence-corrected chi connectivity index (χ2v) is 5.96. The van der Waals surface area contributed by atoms with Crippen LogP contribution in [0, 0.1) is 17.2 Å². The molecule has 0 unspecified atom stereocenters. The van der Waals surface area contributed by atoms with Gasteiger partial charge >= 0.3 is 0 Å². The van der Waals surface area contributed by atoms with Crippen molar-refractivity contribution in [1.29, 1.82) is 0 Å². The first kappa shape index (κ1) is 14.2. The summed E-state index contributed by atoms with van der Waals surface area (Å²) in [6, 6.07) is 7.05. The molecule has 96 valence electrons. The molecule has 0 bridgehead atoms. The predicted octanol–water partition coefficient (Wildman–Crippen LogP) is 3.64. The van der Waals surface area contributed by atoms with Crippen LogP contribution < -0.4 is 5.32 Å². The summed E-state index contributed by atoms with van der Waals surface area (Å²) in [5.74, 6) is 0.559. The van der Waals surface area contributed by atoms with Gasteiger partial charge in [-0.15, -0.1) is 0 Å². The Kier molecular flexibility index (Phi) is 5.13. The number of nitrogens with one attached hydrogen (secondary N) is 1. The van der Waals surface area contributed by atoms with E-state index in [9.17, 15) is 4.39 Å². The molecule has 1 nitrogen and oxygen atoms in total. The van der Waals surface area contributed by atoms with Gasteiger partial charge in [0.15, 0.2) is 0 Å². The molecule has 0 amide bonds. The molecule has 0 radical (unpaired) electrons. The number of halogens is 1.